The smallest absolute Gasteiger partial charge is 0.286 e. The summed E-state index contributed by atoms with van der Waals surface area (Å²) in [4.78, 5) is 24.5. The second-order valence-corrected chi connectivity index (χ2v) is 10.3. The zero-order chi connectivity index (χ0) is 24.2. The molecule has 3 N–H and O–H groups in total. The van der Waals surface area contributed by atoms with Gasteiger partial charge in [0.15, 0.2) is 20.3 Å². The molecule has 1 fully saturated rings. The Morgan fingerprint density at radius 1 is 1.12 bits per heavy atom. The van der Waals surface area contributed by atoms with Gasteiger partial charge in [-0.1, -0.05) is 18.2 Å². The number of ether oxygens (including phenoxy) is 3. The van der Waals surface area contributed by atoms with E-state index in [1.165, 1.54) is 29.7 Å². The van der Waals surface area contributed by atoms with Gasteiger partial charge in [-0.2, -0.15) is 0 Å². The first-order valence-corrected chi connectivity index (χ1v) is 12.4. The van der Waals surface area contributed by atoms with Crippen LogP contribution in [0, 0.1) is 5.92 Å². The number of benzene rings is 1. The van der Waals surface area contributed by atoms with Gasteiger partial charge in [0.1, 0.15) is 18.5 Å². The topological polar surface area (TPSA) is 140 Å². The third-order valence-electron chi connectivity index (χ3n) is 6.08. The molecule has 3 aliphatic rings. The molecule has 2 aliphatic heterocycles. The van der Waals surface area contributed by atoms with E-state index in [9.17, 15) is 18.0 Å². The van der Waals surface area contributed by atoms with Crippen LogP contribution in [-0.4, -0.2) is 62.7 Å². The minimum Gasteiger partial charge on any atom is -0.492 e. The molecule has 2 atom stereocenters. The number of sulfone groups is 1. The van der Waals surface area contributed by atoms with Crippen LogP contribution in [0.4, 0.5) is 0 Å². The molecule has 0 aromatic heterocycles. The Morgan fingerprint density at radius 2 is 1.82 bits per heavy atom. The molecule has 1 aromatic rings. The highest BCUT2D eigenvalue weighted by molar-refractivity contribution is 7.93. The van der Waals surface area contributed by atoms with E-state index >= 15 is 0 Å². The summed E-state index contributed by atoms with van der Waals surface area (Å²) in [6, 6.07) is 5.66. The van der Waals surface area contributed by atoms with Gasteiger partial charge in [0.25, 0.3) is 11.8 Å². The summed E-state index contributed by atoms with van der Waals surface area (Å²) < 4.78 is 41.1. The second-order valence-electron chi connectivity index (χ2n) is 8.09. The van der Waals surface area contributed by atoms with E-state index in [4.69, 9.17) is 19.4 Å². The summed E-state index contributed by atoms with van der Waals surface area (Å²) in [5, 5.41) is 11.8. The molecule has 1 aromatic carbocycles. The molecule has 4 rings (SSSR count). The van der Waals surface area contributed by atoms with Crippen molar-refractivity contribution >= 4 is 21.7 Å². The van der Waals surface area contributed by atoms with Gasteiger partial charge >= 0.3 is 0 Å². The number of hydrogen-bond donors (Lipinski definition) is 3. The average Bonchev–Trinajstić information content (AvgIpc) is 3.31. The van der Waals surface area contributed by atoms with Crippen molar-refractivity contribution in [2.24, 2.45) is 5.92 Å². The van der Waals surface area contributed by atoms with Gasteiger partial charge in [0.2, 0.25) is 0 Å². The molecule has 1 saturated heterocycles. The van der Waals surface area contributed by atoms with Crippen molar-refractivity contribution in [2.75, 3.05) is 26.4 Å². The van der Waals surface area contributed by atoms with Gasteiger partial charge in [0, 0.05) is 19.1 Å². The Kier molecular flexibility index (Phi) is 7.05. The monoisotopic (exact) mass is 490 g/mol. The highest BCUT2D eigenvalue weighted by atomic mass is 32.2. The highest BCUT2D eigenvalue weighted by Crippen LogP contribution is 2.35. The second kappa shape index (κ2) is 10.00. The zero-order valence-corrected chi connectivity index (χ0v) is 19.1. The molecule has 10 nitrogen and oxygen atoms in total. The van der Waals surface area contributed by atoms with Crippen molar-refractivity contribution in [3.8, 4) is 5.75 Å². The molecule has 182 valence electrons. The summed E-state index contributed by atoms with van der Waals surface area (Å²) in [6.07, 6.45) is 9.17. The van der Waals surface area contributed by atoms with Crippen molar-refractivity contribution in [1.29, 1.82) is 0 Å². The SMILES string of the molecule is O=C(NCCOc1ccc(S(=O)(=O)C2(C(=O)NO)CCOCC2)cc1)C1=CC2C=CC=CC2O1. The Labute approximate surface area is 197 Å². The lowest BCUT2D eigenvalue weighted by molar-refractivity contribution is -0.134. The Morgan fingerprint density at radius 3 is 2.50 bits per heavy atom. The molecule has 34 heavy (non-hydrogen) atoms. The van der Waals surface area contributed by atoms with Gasteiger partial charge in [-0.05, 0) is 49.3 Å². The van der Waals surface area contributed by atoms with Gasteiger partial charge in [-0.25, -0.2) is 13.9 Å². The van der Waals surface area contributed by atoms with E-state index in [1.807, 2.05) is 24.3 Å². The Hall–Kier alpha value is -3.15. The van der Waals surface area contributed by atoms with Crippen LogP contribution in [0.1, 0.15) is 12.8 Å². The number of allylic oxidation sites excluding steroid dienone is 2. The Bertz CT molecular complexity index is 1120. The van der Waals surface area contributed by atoms with Crippen LogP contribution < -0.4 is 15.5 Å². The first kappa shape index (κ1) is 24.0. The number of carbonyl (C=O) groups is 2. The summed E-state index contributed by atoms with van der Waals surface area (Å²) in [5.41, 5.74) is 1.49. The third kappa shape index (κ3) is 4.59. The average molecular weight is 491 g/mol. The van der Waals surface area contributed by atoms with E-state index in [0.717, 1.165) is 0 Å². The molecule has 2 heterocycles. The summed E-state index contributed by atoms with van der Waals surface area (Å²) in [7, 11) is -4.10. The van der Waals surface area contributed by atoms with Crippen molar-refractivity contribution in [3.63, 3.8) is 0 Å². The minimum absolute atomic E-state index is 0.0560. The molecule has 1 aliphatic carbocycles. The van der Waals surface area contributed by atoms with Crippen LogP contribution in [0.15, 0.2) is 65.3 Å². The van der Waals surface area contributed by atoms with Crippen molar-refractivity contribution in [1.82, 2.24) is 10.8 Å². The maximum absolute atomic E-state index is 13.2. The van der Waals surface area contributed by atoms with Gasteiger partial charge in [-0.3, -0.25) is 14.8 Å². The Balaban J connectivity index is 1.31. The van der Waals surface area contributed by atoms with Crippen LogP contribution >= 0.6 is 0 Å². The summed E-state index contributed by atoms with van der Waals surface area (Å²) in [5.74, 6) is -0.571. The first-order chi connectivity index (χ1) is 16.4. The fourth-order valence-corrected chi connectivity index (χ4v) is 6.08. The summed E-state index contributed by atoms with van der Waals surface area (Å²) in [6.45, 7) is 0.568. The van der Waals surface area contributed by atoms with Crippen LogP contribution in [0.25, 0.3) is 0 Å². The lowest BCUT2D eigenvalue weighted by Crippen LogP contribution is -2.54. The minimum atomic E-state index is -4.10. The van der Waals surface area contributed by atoms with Crippen LogP contribution in [-0.2, 0) is 28.9 Å². The highest BCUT2D eigenvalue weighted by Gasteiger charge is 2.52. The number of rotatable bonds is 8. The van der Waals surface area contributed by atoms with E-state index < -0.39 is 20.5 Å². The molecule has 0 spiro atoms. The normalized spacial score (nSPS) is 22.8. The molecular formula is C23H26N2O8S. The fraction of sp³-hybridized carbons (Fsp3) is 0.391. The fourth-order valence-electron chi connectivity index (χ4n) is 4.14. The van der Waals surface area contributed by atoms with Crippen molar-refractivity contribution in [2.45, 2.75) is 28.6 Å². The molecule has 0 saturated carbocycles. The molecule has 0 bridgehead atoms. The van der Waals surface area contributed by atoms with Crippen LogP contribution in [0.5, 0.6) is 5.75 Å². The molecule has 0 radical (unpaired) electrons. The number of hydrogen-bond acceptors (Lipinski definition) is 8. The lowest BCUT2D eigenvalue weighted by Gasteiger charge is -2.34. The van der Waals surface area contributed by atoms with Crippen molar-refractivity contribution < 1.29 is 37.4 Å². The number of amides is 2. The van der Waals surface area contributed by atoms with E-state index in [0.29, 0.717) is 5.75 Å². The largest absolute Gasteiger partial charge is 0.492 e. The van der Waals surface area contributed by atoms with Gasteiger partial charge in [0.05, 0.1) is 11.4 Å². The van der Waals surface area contributed by atoms with Crippen LogP contribution in [0.3, 0.4) is 0 Å². The molecule has 2 unspecified atom stereocenters. The standard InChI is InChI=1S/C23H26N2O8S/c26-21(20-15-16-3-1-2-4-19(16)33-20)24-11-14-32-17-5-7-18(8-6-17)34(29,30)23(22(27)25-28)9-12-31-13-10-23/h1-8,15-16,19,28H,9-14H2,(H,24,26)(H,25,27). The van der Waals surface area contributed by atoms with Crippen molar-refractivity contribution in [3.05, 3.63) is 60.4 Å². The first-order valence-electron chi connectivity index (χ1n) is 10.9. The molecule has 2 amide bonds. The maximum atomic E-state index is 13.2. The zero-order valence-electron chi connectivity index (χ0n) is 18.3. The van der Waals surface area contributed by atoms with Gasteiger partial charge < -0.3 is 19.5 Å². The van der Waals surface area contributed by atoms with E-state index in [1.54, 1.807) is 6.08 Å². The quantitative estimate of drug-likeness (QED) is 0.279. The number of fused-ring (bicyclic) bond motifs is 1. The molecular weight excluding hydrogens is 464 g/mol. The van der Waals surface area contributed by atoms with E-state index in [-0.39, 0.29) is 67.8 Å². The van der Waals surface area contributed by atoms with Crippen LogP contribution in [0.2, 0.25) is 0 Å². The number of hydroxylamine groups is 1. The third-order valence-corrected chi connectivity index (χ3v) is 8.59. The predicted octanol–water partition coefficient (Wildman–Crippen LogP) is 1.03. The van der Waals surface area contributed by atoms with Gasteiger partial charge in [-0.15, -0.1) is 0 Å². The maximum Gasteiger partial charge on any atom is 0.286 e. The summed E-state index contributed by atoms with van der Waals surface area (Å²) >= 11 is 0. The lowest BCUT2D eigenvalue weighted by atomic mass is 9.98. The number of nitrogens with one attached hydrogen (secondary N) is 2. The molecule has 11 heteroatoms. The van der Waals surface area contributed by atoms with E-state index in [2.05, 4.69) is 5.32 Å². The number of carbonyl (C=O) groups excluding carboxylic acids is 2. The predicted molar refractivity (Wildman–Crippen MR) is 120 cm³/mol.